The number of aromatic nitrogens is 1. The highest BCUT2D eigenvalue weighted by Crippen LogP contribution is 2.16. The summed E-state index contributed by atoms with van der Waals surface area (Å²) in [6, 6.07) is 1.51. The van der Waals surface area contributed by atoms with Gasteiger partial charge in [0.1, 0.15) is 0 Å². The van der Waals surface area contributed by atoms with Gasteiger partial charge in [0.2, 0.25) is 0 Å². The van der Waals surface area contributed by atoms with Gasteiger partial charge >= 0.3 is 0 Å². The molecule has 12 heavy (non-hydrogen) atoms. The highest BCUT2D eigenvalue weighted by atomic mass is 19.1. The van der Waals surface area contributed by atoms with Crippen LogP contribution < -0.4 is 4.90 Å². The van der Waals surface area contributed by atoms with E-state index in [0.29, 0.717) is 5.82 Å². The summed E-state index contributed by atoms with van der Waals surface area (Å²) in [6.45, 7) is 3.73. The van der Waals surface area contributed by atoms with E-state index in [4.69, 9.17) is 0 Å². The van der Waals surface area contributed by atoms with Gasteiger partial charge in [-0.1, -0.05) is 0 Å². The van der Waals surface area contributed by atoms with Crippen molar-refractivity contribution in [3.8, 4) is 0 Å². The Morgan fingerprint density at radius 1 is 1.33 bits per heavy atom. The fourth-order valence-electron chi connectivity index (χ4n) is 0.973. The van der Waals surface area contributed by atoms with Crippen LogP contribution in [0.2, 0.25) is 0 Å². The lowest BCUT2D eigenvalue weighted by Crippen LogP contribution is -2.13. The monoisotopic (exact) mass is 168 g/mol. The molecular formula is C9H13FN2. The van der Waals surface area contributed by atoms with E-state index in [1.165, 1.54) is 6.07 Å². The zero-order chi connectivity index (χ0) is 9.30. The number of pyridine rings is 1. The van der Waals surface area contributed by atoms with Gasteiger partial charge in [0, 0.05) is 19.8 Å². The van der Waals surface area contributed by atoms with E-state index in [0.717, 1.165) is 11.3 Å². The van der Waals surface area contributed by atoms with Crippen LogP contribution in [-0.4, -0.2) is 19.1 Å². The molecule has 66 valence electrons. The van der Waals surface area contributed by atoms with Crippen molar-refractivity contribution in [2.24, 2.45) is 0 Å². The summed E-state index contributed by atoms with van der Waals surface area (Å²) in [5.74, 6) is 0.140. The summed E-state index contributed by atoms with van der Waals surface area (Å²) in [5, 5.41) is 0. The Kier molecular flexibility index (Phi) is 2.31. The second-order valence-corrected chi connectivity index (χ2v) is 3.09. The molecule has 1 aromatic heterocycles. The molecule has 0 amide bonds. The van der Waals surface area contributed by atoms with Crippen molar-refractivity contribution in [2.45, 2.75) is 13.8 Å². The number of aryl methyl sites for hydroxylation is 2. The van der Waals surface area contributed by atoms with Gasteiger partial charge in [0.25, 0.3) is 0 Å². The van der Waals surface area contributed by atoms with Gasteiger partial charge in [-0.25, -0.2) is 9.37 Å². The van der Waals surface area contributed by atoms with Crippen LogP contribution in [0.15, 0.2) is 6.07 Å². The van der Waals surface area contributed by atoms with E-state index in [1.54, 1.807) is 19.0 Å². The Labute approximate surface area is 72.0 Å². The van der Waals surface area contributed by atoms with Gasteiger partial charge in [0.05, 0.1) is 0 Å². The lowest BCUT2D eigenvalue weighted by atomic mass is 10.2. The van der Waals surface area contributed by atoms with Gasteiger partial charge < -0.3 is 4.90 Å². The van der Waals surface area contributed by atoms with Crippen LogP contribution in [0.1, 0.15) is 11.3 Å². The quantitative estimate of drug-likeness (QED) is 0.636. The van der Waals surface area contributed by atoms with Crippen molar-refractivity contribution in [1.82, 2.24) is 4.98 Å². The SMILES string of the molecule is Cc1cc(F)c(N(C)C)nc1C. The lowest BCUT2D eigenvalue weighted by Gasteiger charge is -2.13. The van der Waals surface area contributed by atoms with Gasteiger partial charge in [-0.2, -0.15) is 0 Å². The van der Waals surface area contributed by atoms with Crippen LogP contribution in [0.25, 0.3) is 0 Å². The van der Waals surface area contributed by atoms with Crippen LogP contribution >= 0.6 is 0 Å². The molecule has 0 spiro atoms. The van der Waals surface area contributed by atoms with E-state index < -0.39 is 0 Å². The maximum Gasteiger partial charge on any atom is 0.165 e. The molecule has 0 saturated heterocycles. The summed E-state index contributed by atoms with van der Waals surface area (Å²) < 4.78 is 13.2. The third kappa shape index (κ3) is 1.55. The van der Waals surface area contributed by atoms with Crippen LogP contribution in [0.3, 0.4) is 0 Å². The van der Waals surface area contributed by atoms with E-state index >= 15 is 0 Å². The number of rotatable bonds is 1. The van der Waals surface area contributed by atoms with Crippen molar-refractivity contribution in [1.29, 1.82) is 0 Å². The van der Waals surface area contributed by atoms with Gasteiger partial charge in [-0.15, -0.1) is 0 Å². The van der Waals surface area contributed by atoms with Crippen molar-refractivity contribution in [2.75, 3.05) is 19.0 Å². The summed E-state index contributed by atoms with van der Waals surface area (Å²) in [6.07, 6.45) is 0. The molecule has 0 radical (unpaired) electrons. The number of hydrogen-bond acceptors (Lipinski definition) is 2. The summed E-state index contributed by atoms with van der Waals surface area (Å²) in [4.78, 5) is 5.79. The summed E-state index contributed by atoms with van der Waals surface area (Å²) in [7, 11) is 3.56. The Morgan fingerprint density at radius 3 is 2.42 bits per heavy atom. The molecule has 0 N–H and O–H groups in total. The van der Waals surface area contributed by atoms with Crippen LogP contribution in [-0.2, 0) is 0 Å². The molecule has 0 aliphatic rings. The number of halogens is 1. The Balaban J connectivity index is 3.23. The summed E-state index contributed by atoms with van der Waals surface area (Å²) in [5.41, 5.74) is 1.76. The molecule has 0 bridgehead atoms. The van der Waals surface area contributed by atoms with Gasteiger partial charge in [-0.3, -0.25) is 0 Å². The first-order valence-corrected chi connectivity index (χ1v) is 3.83. The molecule has 1 heterocycles. The molecule has 0 saturated carbocycles. The second-order valence-electron chi connectivity index (χ2n) is 3.09. The number of anilines is 1. The van der Waals surface area contributed by atoms with Crippen LogP contribution in [0.5, 0.6) is 0 Å². The minimum atomic E-state index is -0.261. The normalized spacial score (nSPS) is 10.1. The Bertz CT molecular complexity index is 295. The maximum absolute atomic E-state index is 13.2. The van der Waals surface area contributed by atoms with Gasteiger partial charge in [-0.05, 0) is 25.5 Å². The Hall–Kier alpha value is -1.12. The fraction of sp³-hybridized carbons (Fsp3) is 0.444. The maximum atomic E-state index is 13.2. The Morgan fingerprint density at radius 2 is 1.92 bits per heavy atom. The summed E-state index contributed by atoms with van der Waals surface area (Å²) >= 11 is 0. The highest BCUT2D eigenvalue weighted by molar-refractivity contribution is 5.41. The number of nitrogens with zero attached hydrogens (tertiary/aromatic N) is 2. The molecule has 0 aromatic carbocycles. The van der Waals surface area contributed by atoms with Gasteiger partial charge in [0.15, 0.2) is 11.6 Å². The molecule has 0 fully saturated rings. The van der Waals surface area contributed by atoms with E-state index in [1.807, 2.05) is 13.8 Å². The number of hydrogen-bond donors (Lipinski definition) is 0. The molecule has 0 unspecified atom stereocenters. The van der Waals surface area contributed by atoms with E-state index in [2.05, 4.69) is 4.98 Å². The van der Waals surface area contributed by atoms with E-state index in [9.17, 15) is 4.39 Å². The van der Waals surface area contributed by atoms with Crippen molar-refractivity contribution >= 4 is 5.82 Å². The topological polar surface area (TPSA) is 16.1 Å². The molecule has 3 heteroatoms. The van der Waals surface area contributed by atoms with Crippen molar-refractivity contribution in [3.05, 3.63) is 23.1 Å². The first-order valence-electron chi connectivity index (χ1n) is 3.83. The third-order valence-electron chi connectivity index (χ3n) is 1.82. The van der Waals surface area contributed by atoms with Crippen molar-refractivity contribution in [3.63, 3.8) is 0 Å². The third-order valence-corrected chi connectivity index (χ3v) is 1.82. The zero-order valence-corrected chi connectivity index (χ0v) is 7.85. The minimum Gasteiger partial charge on any atom is -0.360 e. The minimum absolute atomic E-state index is 0.261. The van der Waals surface area contributed by atoms with E-state index in [-0.39, 0.29) is 5.82 Å². The smallest absolute Gasteiger partial charge is 0.165 e. The molecule has 1 aromatic rings. The predicted molar refractivity (Wildman–Crippen MR) is 48.0 cm³/mol. The van der Waals surface area contributed by atoms with Crippen molar-refractivity contribution < 1.29 is 4.39 Å². The predicted octanol–water partition coefficient (Wildman–Crippen LogP) is 1.90. The fourth-order valence-corrected chi connectivity index (χ4v) is 0.973. The second kappa shape index (κ2) is 3.09. The van der Waals surface area contributed by atoms with Crippen LogP contribution in [0.4, 0.5) is 10.2 Å². The first-order chi connectivity index (χ1) is 5.52. The largest absolute Gasteiger partial charge is 0.360 e. The molecule has 1 rings (SSSR count). The molecule has 0 aliphatic heterocycles. The zero-order valence-electron chi connectivity index (χ0n) is 7.85. The molecular weight excluding hydrogens is 155 g/mol. The molecule has 2 nitrogen and oxygen atoms in total. The molecule has 0 atom stereocenters. The molecule has 0 aliphatic carbocycles. The highest BCUT2D eigenvalue weighted by Gasteiger charge is 2.07. The lowest BCUT2D eigenvalue weighted by molar-refractivity contribution is 0.616. The average molecular weight is 168 g/mol. The first kappa shape index (κ1) is 8.97. The average Bonchev–Trinajstić information content (AvgIpc) is 1.96. The standard InChI is InChI=1S/C9H13FN2/c1-6-5-8(10)9(12(3)4)11-7(6)2/h5H,1-4H3. The van der Waals surface area contributed by atoms with Crippen LogP contribution in [0, 0.1) is 19.7 Å².